The number of hydrogen-bond donors (Lipinski definition) is 1. The molecule has 1 saturated carbocycles. The number of hydrogen-bond acceptors (Lipinski definition) is 4. The Morgan fingerprint density at radius 1 is 1.25 bits per heavy atom. The van der Waals surface area contributed by atoms with Gasteiger partial charge in [-0.15, -0.1) is 11.3 Å². The maximum atomic E-state index is 4.98. The molecule has 4 heteroatoms. The summed E-state index contributed by atoms with van der Waals surface area (Å²) in [5.41, 5.74) is 1.39. The lowest BCUT2D eigenvalue weighted by Gasteiger charge is -2.19. The molecule has 0 atom stereocenters. The first-order valence-electron chi connectivity index (χ1n) is 8.25. The van der Waals surface area contributed by atoms with Gasteiger partial charge in [0.25, 0.3) is 0 Å². The van der Waals surface area contributed by atoms with Crippen LogP contribution >= 0.6 is 11.3 Å². The van der Waals surface area contributed by atoms with Crippen molar-refractivity contribution in [1.82, 2.24) is 10.3 Å². The molecule has 2 rings (SSSR count). The molecule has 20 heavy (non-hydrogen) atoms. The lowest BCUT2D eigenvalue weighted by molar-refractivity contribution is 0.676. The van der Waals surface area contributed by atoms with E-state index in [1.807, 2.05) is 11.3 Å². The molecule has 0 unspecified atom stereocenters. The fourth-order valence-electron chi connectivity index (χ4n) is 2.41. The Balaban J connectivity index is 2.06. The normalized spacial score (nSPS) is 14.8. The maximum absolute atomic E-state index is 4.98. The summed E-state index contributed by atoms with van der Waals surface area (Å²) in [6, 6.07) is 0. The molecule has 0 radical (unpaired) electrons. The monoisotopic (exact) mass is 295 g/mol. The van der Waals surface area contributed by atoms with E-state index in [1.54, 1.807) is 0 Å². The molecule has 1 aliphatic carbocycles. The number of anilines is 1. The maximum Gasteiger partial charge on any atom is 0.185 e. The van der Waals surface area contributed by atoms with Gasteiger partial charge >= 0.3 is 0 Å². The molecule has 1 aromatic heterocycles. The van der Waals surface area contributed by atoms with E-state index in [0.717, 1.165) is 32.1 Å². The minimum atomic E-state index is 0.753. The summed E-state index contributed by atoms with van der Waals surface area (Å²) in [5, 5.41) is 4.79. The Morgan fingerprint density at radius 2 is 2.05 bits per heavy atom. The number of thiazole rings is 1. The van der Waals surface area contributed by atoms with Gasteiger partial charge in [-0.3, -0.25) is 0 Å². The molecule has 3 nitrogen and oxygen atoms in total. The number of aromatic nitrogens is 1. The van der Waals surface area contributed by atoms with Crippen LogP contribution in [0.4, 0.5) is 5.13 Å². The Labute approximate surface area is 127 Å². The highest BCUT2D eigenvalue weighted by Gasteiger charge is 2.30. The fraction of sp³-hybridized carbons (Fsp3) is 0.812. The molecule has 1 N–H and O–H groups in total. The molecule has 0 aromatic carbocycles. The van der Waals surface area contributed by atoms with Gasteiger partial charge in [0.1, 0.15) is 0 Å². The van der Waals surface area contributed by atoms with Crippen LogP contribution in [-0.2, 0) is 6.54 Å². The standard InChI is InChI=1S/C16H29N3S/c1-4-7-11-19(6-3)16-18-15(13-8-9-13)14(20-16)12-17-10-5-2/h13,17H,4-12H2,1-3H3. The zero-order valence-corrected chi connectivity index (χ0v) is 14.1. The van der Waals surface area contributed by atoms with Crippen LogP contribution in [0.1, 0.15) is 69.4 Å². The summed E-state index contributed by atoms with van der Waals surface area (Å²) in [6.07, 6.45) is 6.38. The third-order valence-corrected chi connectivity index (χ3v) is 4.96. The van der Waals surface area contributed by atoms with Crippen LogP contribution in [0.2, 0.25) is 0 Å². The molecule has 1 aliphatic rings. The first kappa shape index (κ1) is 15.8. The first-order valence-corrected chi connectivity index (χ1v) is 9.07. The third kappa shape index (κ3) is 4.19. The first-order chi connectivity index (χ1) is 9.80. The van der Waals surface area contributed by atoms with Crippen molar-refractivity contribution < 1.29 is 0 Å². The van der Waals surface area contributed by atoms with Crippen LogP contribution in [0.3, 0.4) is 0 Å². The SMILES string of the molecule is CCCCN(CC)c1nc(C2CC2)c(CNCCC)s1. The number of nitrogens with zero attached hydrogens (tertiary/aromatic N) is 2. The summed E-state index contributed by atoms with van der Waals surface area (Å²) >= 11 is 1.91. The van der Waals surface area contributed by atoms with Gasteiger partial charge in [-0.2, -0.15) is 0 Å². The zero-order chi connectivity index (χ0) is 14.4. The average molecular weight is 295 g/mol. The molecule has 0 bridgehead atoms. The van der Waals surface area contributed by atoms with E-state index >= 15 is 0 Å². The van der Waals surface area contributed by atoms with Gasteiger partial charge in [0.2, 0.25) is 0 Å². The summed E-state index contributed by atoms with van der Waals surface area (Å²) in [4.78, 5) is 8.90. The van der Waals surface area contributed by atoms with E-state index in [4.69, 9.17) is 4.98 Å². The topological polar surface area (TPSA) is 28.2 Å². The number of rotatable bonds is 10. The van der Waals surface area contributed by atoms with E-state index in [1.165, 1.54) is 47.8 Å². The highest BCUT2D eigenvalue weighted by atomic mass is 32.1. The van der Waals surface area contributed by atoms with Gasteiger partial charge in [0.05, 0.1) is 5.69 Å². The van der Waals surface area contributed by atoms with Gasteiger partial charge < -0.3 is 10.2 Å². The highest BCUT2D eigenvalue weighted by Crippen LogP contribution is 2.44. The Morgan fingerprint density at radius 3 is 2.65 bits per heavy atom. The Kier molecular flexibility index (Phi) is 6.30. The Bertz CT molecular complexity index is 398. The van der Waals surface area contributed by atoms with Crippen LogP contribution < -0.4 is 10.2 Å². The second-order valence-corrected chi connectivity index (χ2v) is 6.75. The Hall–Kier alpha value is -0.610. The van der Waals surface area contributed by atoms with Crippen LogP contribution in [0.5, 0.6) is 0 Å². The van der Waals surface area contributed by atoms with E-state index in [9.17, 15) is 0 Å². The van der Waals surface area contributed by atoms with Gasteiger partial charge in [0.15, 0.2) is 5.13 Å². The summed E-state index contributed by atoms with van der Waals surface area (Å²) in [6.45, 7) is 11.0. The van der Waals surface area contributed by atoms with Crippen LogP contribution in [-0.4, -0.2) is 24.6 Å². The summed E-state index contributed by atoms with van der Waals surface area (Å²) in [5.74, 6) is 0.753. The van der Waals surface area contributed by atoms with Crippen molar-refractivity contribution in [2.45, 2.75) is 65.3 Å². The average Bonchev–Trinajstić information content (AvgIpc) is 3.22. The van der Waals surface area contributed by atoms with E-state index in [2.05, 4.69) is 31.0 Å². The van der Waals surface area contributed by atoms with Crippen LogP contribution in [0.15, 0.2) is 0 Å². The fourth-order valence-corrected chi connectivity index (χ4v) is 3.61. The van der Waals surface area contributed by atoms with Crippen molar-refractivity contribution in [3.05, 3.63) is 10.6 Å². The predicted octanol–water partition coefficient (Wildman–Crippen LogP) is 4.15. The lowest BCUT2D eigenvalue weighted by Crippen LogP contribution is -2.23. The molecule has 0 amide bonds. The van der Waals surface area contributed by atoms with E-state index in [0.29, 0.717) is 0 Å². The molecule has 1 aromatic rings. The van der Waals surface area contributed by atoms with Gasteiger partial charge in [-0.1, -0.05) is 20.3 Å². The molecule has 1 heterocycles. The van der Waals surface area contributed by atoms with Crippen LogP contribution in [0.25, 0.3) is 0 Å². The zero-order valence-electron chi connectivity index (χ0n) is 13.2. The minimum Gasteiger partial charge on any atom is -0.348 e. The van der Waals surface area contributed by atoms with Crippen LogP contribution in [0, 0.1) is 0 Å². The summed E-state index contributed by atoms with van der Waals surface area (Å²) in [7, 11) is 0. The van der Waals surface area contributed by atoms with Crippen molar-refractivity contribution in [1.29, 1.82) is 0 Å². The van der Waals surface area contributed by atoms with E-state index < -0.39 is 0 Å². The molecule has 0 aliphatic heterocycles. The van der Waals surface area contributed by atoms with Crippen molar-refractivity contribution >= 4 is 16.5 Å². The van der Waals surface area contributed by atoms with Crippen molar-refractivity contribution in [2.24, 2.45) is 0 Å². The molecule has 1 fully saturated rings. The second kappa shape index (κ2) is 7.99. The van der Waals surface area contributed by atoms with Crippen molar-refractivity contribution in [3.8, 4) is 0 Å². The molecular formula is C16H29N3S. The quantitative estimate of drug-likeness (QED) is 0.657. The molecule has 0 spiro atoms. The summed E-state index contributed by atoms with van der Waals surface area (Å²) < 4.78 is 0. The predicted molar refractivity (Wildman–Crippen MR) is 88.9 cm³/mol. The number of unbranched alkanes of at least 4 members (excludes halogenated alkanes) is 1. The van der Waals surface area contributed by atoms with Crippen molar-refractivity contribution in [2.75, 3.05) is 24.5 Å². The highest BCUT2D eigenvalue weighted by molar-refractivity contribution is 7.15. The van der Waals surface area contributed by atoms with E-state index in [-0.39, 0.29) is 0 Å². The molecule has 114 valence electrons. The smallest absolute Gasteiger partial charge is 0.185 e. The van der Waals surface area contributed by atoms with Gasteiger partial charge in [-0.05, 0) is 39.2 Å². The lowest BCUT2D eigenvalue weighted by atomic mass is 10.2. The van der Waals surface area contributed by atoms with Gasteiger partial charge in [0, 0.05) is 30.4 Å². The largest absolute Gasteiger partial charge is 0.348 e. The third-order valence-electron chi connectivity index (χ3n) is 3.83. The number of nitrogens with one attached hydrogen (secondary N) is 1. The molecular weight excluding hydrogens is 266 g/mol. The second-order valence-electron chi connectivity index (χ2n) is 5.69. The van der Waals surface area contributed by atoms with Gasteiger partial charge in [-0.25, -0.2) is 4.98 Å². The molecule has 0 saturated heterocycles. The minimum absolute atomic E-state index is 0.753. The van der Waals surface area contributed by atoms with Crippen molar-refractivity contribution in [3.63, 3.8) is 0 Å².